The summed E-state index contributed by atoms with van der Waals surface area (Å²) in [6.45, 7) is 1.35. The molecule has 6 nitrogen and oxygen atoms in total. The maximum Gasteiger partial charge on any atom is 0.433 e. The molecule has 2 aromatic heterocycles. The van der Waals surface area contributed by atoms with E-state index in [1.807, 2.05) is 0 Å². The molecule has 0 bridgehead atoms. The normalized spacial score (nSPS) is 12.0. The minimum absolute atomic E-state index is 0.0779. The van der Waals surface area contributed by atoms with E-state index in [1.54, 1.807) is 0 Å². The topological polar surface area (TPSA) is 80.4 Å². The van der Waals surface area contributed by atoms with E-state index in [1.165, 1.54) is 6.92 Å². The second kappa shape index (κ2) is 3.40. The van der Waals surface area contributed by atoms with E-state index in [0.717, 1.165) is 6.07 Å². The van der Waals surface area contributed by atoms with Crippen LogP contribution in [0.25, 0.3) is 5.78 Å². The van der Waals surface area contributed by atoms with Crippen molar-refractivity contribution in [1.82, 2.24) is 19.6 Å². The number of halogens is 3. The van der Waals surface area contributed by atoms with Gasteiger partial charge in [0, 0.05) is 5.69 Å². The average molecular weight is 246 g/mol. The molecule has 2 heterocycles. The Morgan fingerprint density at radius 1 is 1.41 bits per heavy atom. The van der Waals surface area contributed by atoms with Crippen LogP contribution in [0.5, 0.6) is 0 Å². The lowest BCUT2D eigenvalue weighted by Gasteiger charge is -2.08. The molecule has 17 heavy (non-hydrogen) atoms. The zero-order chi connectivity index (χ0) is 12.8. The quantitative estimate of drug-likeness (QED) is 0.816. The predicted octanol–water partition coefficient (Wildman–Crippen LogP) is 1.15. The number of aryl methyl sites for hydroxylation is 1. The van der Waals surface area contributed by atoms with Crippen molar-refractivity contribution >= 4 is 11.7 Å². The summed E-state index contributed by atoms with van der Waals surface area (Å²) in [5, 5.41) is 11.8. The molecule has 90 valence electrons. The molecule has 0 atom stereocenters. The summed E-state index contributed by atoms with van der Waals surface area (Å²) >= 11 is 0. The summed E-state index contributed by atoms with van der Waals surface area (Å²) in [6, 6.07) is 0.771. The Balaban J connectivity index is 2.79. The van der Waals surface area contributed by atoms with E-state index >= 15 is 0 Å². The second-order valence-corrected chi connectivity index (χ2v) is 3.23. The molecular formula is C8H5F3N4O2. The molecule has 0 aromatic carbocycles. The summed E-state index contributed by atoms with van der Waals surface area (Å²) in [7, 11) is 0. The van der Waals surface area contributed by atoms with Gasteiger partial charge in [-0.15, -0.1) is 5.10 Å². The highest BCUT2D eigenvalue weighted by molar-refractivity contribution is 5.83. The number of carbonyl (C=O) groups is 1. The fourth-order valence-electron chi connectivity index (χ4n) is 1.28. The molecule has 0 aliphatic carbocycles. The number of carboxylic acid groups (broad SMARTS) is 1. The number of aromatic carboxylic acids is 1. The molecule has 2 aromatic rings. The third-order valence-electron chi connectivity index (χ3n) is 1.92. The van der Waals surface area contributed by atoms with E-state index in [4.69, 9.17) is 5.11 Å². The van der Waals surface area contributed by atoms with Gasteiger partial charge < -0.3 is 5.11 Å². The molecule has 0 fully saturated rings. The molecule has 0 saturated carbocycles. The molecule has 2 rings (SSSR count). The Labute approximate surface area is 91.7 Å². The highest BCUT2D eigenvalue weighted by Crippen LogP contribution is 2.29. The first-order chi connectivity index (χ1) is 7.79. The summed E-state index contributed by atoms with van der Waals surface area (Å²) in [4.78, 5) is 17.6. The van der Waals surface area contributed by atoms with Crippen molar-refractivity contribution in [2.45, 2.75) is 13.1 Å². The number of hydrogen-bond acceptors (Lipinski definition) is 4. The number of nitrogens with zero attached hydrogens (tertiary/aromatic N) is 4. The Morgan fingerprint density at radius 2 is 2.06 bits per heavy atom. The van der Waals surface area contributed by atoms with Crippen molar-refractivity contribution in [2.75, 3.05) is 0 Å². The molecule has 0 aliphatic heterocycles. The summed E-state index contributed by atoms with van der Waals surface area (Å²) in [5.41, 5.74) is -1.03. The van der Waals surface area contributed by atoms with Gasteiger partial charge >= 0.3 is 12.1 Å². The number of rotatable bonds is 1. The van der Waals surface area contributed by atoms with E-state index in [2.05, 4.69) is 15.1 Å². The van der Waals surface area contributed by atoms with Crippen molar-refractivity contribution in [2.24, 2.45) is 0 Å². The predicted molar refractivity (Wildman–Crippen MR) is 47.5 cm³/mol. The first kappa shape index (κ1) is 11.3. The SMILES string of the molecule is Cc1cc(C(F)(F)F)n2nc(C(=O)O)nc2n1. The maximum atomic E-state index is 12.6. The van der Waals surface area contributed by atoms with Crippen LogP contribution in [0.4, 0.5) is 13.2 Å². The maximum absolute atomic E-state index is 12.6. The third-order valence-corrected chi connectivity index (χ3v) is 1.92. The summed E-state index contributed by atoms with van der Waals surface area (Å²) in [5.74, 6) is -2.63. The Morgan fingerprint density at radius 3 is 2.59 bits per heavy atom. The Kier molecular flexibility index (Phi) is 2.26. The minimum atomic E-state index is -4.66. The molecular weight excluding hydrogens is 241 g/mol. The van der Waals surface area contributed by atoms with Crippen molar-refractivity contribution in [3.05, 3.63) is 23.3 Å². The van der Waals surface area contributed by atoms with Gasteiger partial charge in [-0.05, 0) is 13.0 Å². The third kappa shape index (κ3) is 1.90. The Bertz CT molecular complexity index is 605. The number of alkyl halides is 3. The van der Waals surface area contributed by atoms with E-state index in [9.17, 15) is 18.0 Å². The van der Waals surface area contributed by atoms with E-state index in [-0.39, 0.29) is 5.69 Å². The molecule has 0 unspecified atom stereocenters. The van der Waals surface area contributed by atoms with Gasteiger partial charge in [0.15, 0.2) is 5.69 Å². The molecule has 0 aliphatic rings. The lowest BCUT2D eigenvalue weighted by Crippen LogP contribution is -2.14. The van der Waals surface area contributed by atoms with Gasteiger partial charge in [-0.1, -0.05) is 0 Å². The van der Waals surface area contributed by atoms with Crippen LogP contribution in [0.2, 0.25) is 0 Å². The highest BCUT2D eigenvalue weighted by atomic mass is 19.4. The Hall–Kier alpha value is -2.19. The molecule has 0 saturated heterocycles. The first-order valence-electron chi connectivity index (χ1n) is 4.34. The van der Waals surface area contributed by atoms with Gasteiger partial charge in [-0.25, -0.2) is 9.78 Å². The highest BCUT2D eigenvalue weighted by Gasteiger charge is 2.35. The van der Waals surface area contributed by atoms with Gasteiger partial charge in [0.25, 0.3) is 11.6 Å². The smallest absolute Gasteiger partial charge is 0.433 e. The summed E-state index contributed by atoms with van der Waals surface area (Å²) in [6.07, 6.45) is -4.66. The second-order valence-electron chi connectivity index (χ2n) is 3.23. The monoisotopic (exact) mass is 246 g/mol. The van der Waals surface area contributed by atoms with Gasteiger partial charge in [-0.3, -0.25) is 0 Å². The zero-order valence-corrected chi connectivity index (χ0v) is 8.36. The summed E-state index contributed by atoms with van der Waals surface area (Å²) < 4.78 is 38.3. The van der Waals surface area contributed by atoms with E-state index < -0.39 is 29.4 Å². The van der Waals surface area contributed by atoms with Crippen LogP contribution in [0, 0.1) is 6.92 Å². The largest absolute Gasteiger partial charge is 0.475 e. The van der Waals surface area contributed by atoms with Crippen LogP contribution in [0.15, 0.2) is 6.07 Å². The molecule has 0 radical (unpaired) electrons. The number of hydrogen-bond donors (Lipinski definition) is 1. The minimum Gasteiger partial charge on any atom is -0.475 e. The van der Waals surface area contributed by atoms with Crippen molar-refractivity contribution < 1.29 is 23.1 Å². The number of aromatic nitrogens is 4. The van der Waals surface area contributed by atoms with E-state index in [0.29, 0.717) is 4.52 Å². The van der Waals surface area contributed by atoms with Crippen molar-refractivity contribution in [1.29, 1.82) is 0 Å². The molecule has 9 heteroatoms. The number of carboxylic acids is 1. The molecule has 0 amide bonds. The average Bonchev–Trinajstić information content (AvgIpc) is 2.58. The van der Waals surface area contributed by atoms with Crippen LogP contribution in [0.1, 0.15) is 22.0 Å². The van der Waals surface area contributed by atoms with Crippen molar-refractivity contribution in [3.63, 3.8) is 0 Å². The fourth-order valence-corrected chi connectivity index (χ4v) is 1.28. The van der Waals surface area contributed by atoms with Gasteiger partial charge in [0.2, 0.25) is 0 Å². The molecule has 1 N–H and O–H groups in total. The number of fused-ring (bicyclic) bond motifs is 1. The molecule has 0 spiro atoms. The zero-order valence-electron chi connectivity index (χ0n) is 8.36. The van der Waals surface area contributed by atoms with Crippen LogP contribution < -0.4 is 0 Å². The van der Waals surface area contributed by atoms with Crippen LogP contribution in [-0.4, -0.2) is 30.7 Å². The van der Waals surface area contributed by atoms with Crippen LogP contribution in [0.3, 0.4) is 0 Å². The van der Waals surface area contributed by atoms with Crippen molar-refractivity contribution in [3.8, 4) is 0 Å². The fraction of sp³-hybridized carbons (Fsp3) is 0.250. The lowest BCUT2D eigenvalue weighted by atomic mass is 10.3. The standard InChI is InChI=1S/C8H5F3N4O2/c1-3-2-4(8(9,10)11)15-7(12-3)13-5(14-15)6(16)17/h2H,1H3,(H,16,17). The van der Waals surface area contributed by atoms with Crippen LogP contribution >= 0.6 is 0 Å². The van der Waals surface area contributed by atoms with Gasteiger partial charge in [0.05, 0.1) is 0 Å². The first-order valence-corrected chi connectivity index (χ1v) is 4.34. The van der Waals surface area contributed by atoms with Crippen LogP contribution in [-0.2, 0) is 6.18 Å². The van der Waals surface area contributed by atoms with Gasteiger partial charge in [0.1, 0.15) is 0 Å². The lowest BCUT2D eigenvalue weighted by molar-refractivity contribution is -0.142. The van der Waals surface area contributed by atoms with Gasteiger partial charge in [-0.2, -0.15) is 22.7 Å².